The van der Waals surface area contributed by atoms with Crippen LogP contribution >= 0.6 is 0 Å². The van der Waals surface area contributed by atoms with E-state index < -0.39 is 0 Å². The maximum Gasteiger partial charge on any atom is 0.339 e. The molecule has 0 saturated carbocycles. The fraction of sp³-hybridized carbons (Fsp3) is 0.294. The van der Waals surface area contributed by atoms with Crippen LogP contribution in [-0.4, -0.2) is 11.7 Å². The van der Waals surface area contributed by atoms with Crippen molar-refractivity contribution in [3.63, 3.8) is 0 Å². The van der Waals surface area contributed by atoms with Gasteiger partial charge in [-0.2, -0.15) is 5.10 Å². The molecule has 4 heteroatoms. The minimum Gasteiger partial charge on any atom is -0.307 e. The lowest BCUT2D eigenvalue weighted by Crippen LogP contribution is -2.27. The number of anilines is 1. The van der Waals surface area contributed by atoms with Crippen LogP contribution in [0.2, 0.25) is 0 Å². The fourth-order valence-corrected chi connectivity index (χ4v) is 2.22. The van der Waals surface area contributed by atoms with Crippen LogP contribution < -0.4 is 10.7 Å². The molecule has 2 N–H and O–H groups in total. The number of rotatable bonds is 3. The summed E-state index contributed by atoms with van der Waals surface area (Å²) in [4.78, 5) is 11.8. The van der Waals surface area contributed by atoms with Crippen LogP contribution in [0.1, 0.15) is 26.7 Å². The Bertz CT molecular complexity index is 587. The summed E-state index contributed by atoms with van der Waals surface area (Å²) in [7, 11) is 0. The molecular formula is C17H21N3O. The van der Waals surface area contributed by atoms with Crippen LogP contribution in [0.15, 0.2) is 59.2 Å². The molecule has 0 saturated heterocycles. The van der Waals surface area contributed by atoms with E-state index in [1.165, 1.54) is 0 Å². The number of carbonyl (C=O) groups excluding carboxylic acids is 1. The van der Waals surface area contributed by atoms with E-state index in [0.717, 1.165) is 35.4 Å². The Balaban J connectivity index is 1.96. The van der Waals surface area contributed by atoms with Crippen molar-refractivity contribution in [1.29, 1.82) is 0 Å². The molecule has 1 aromatic carbocycles. The molecule has 0 spiro atoms. The molecule has 4 nitrogen and oxygen atoms in total. The van der Waals surface area contributed by atoms with Gasteiger partial charge < -0.3 is 5.32 Å². The Morgan fingerprint density at radius 3 is 2.71 bits per heavy atom. The van der Waals surface area contributed by atoms with Crippen molar-refractivity contribution in [2.75, 3.05) is 5.32 Å². The van der Waals surface area contributed by atoms with Crippen molar-refractivity contribution in [3.8, 4) is 0 Å². The Labute approximate surface area is 125 Å². The summed E-state index contributed by atoms with van der Waals surface area (Å²) < 4.78 is 0. The van der Waals surface area contributed by atoms with E-state index in [1.54, 1.807) is 0 Å². The Morgan fingerprint density at radius 2 is 2.05 bits per heavy atom. The minimum atomic E-state index is -0.334. The molecule has 0 bridgehead atoms. The number of nitrogens with zero attached hydrogens (tertiary/aromatic N) is 1. The number of benzene rings is 1. The summed E-state index contributed by atoms with van der Waals surface area (Å²) in [5, 5.41) is 6.97. The zero-order chi connectivity index (χ0) is 15.2. The minimum absolute atomic E-state index is 0.334. The molecule has 0 heterocycles. The normalized spacial score (nSPS) is 19.8. The lowest BCUT2D eigenvalue weighted by atomic mass is 9.85. The van der Waals surface area contributed by atoms with E-state index >= 15 is 0 Å². The van der Waals surface area contributed by atoms with Gasteiger partial charge in [0, 0.05) is 5.69 Å². The van der Waals surface area contributed by atoms with E-state index in [4.69, 9.17) is 0 Å². The Kier molecular flexibility index (Phi) is 4.93. The first kappa shape index (κ1) is 15.0. The number of nitrogens with one attached hydrogen (secondary N) is 2. The van der Waals surface area contributed by atoms with Crippen LogP contribution in [-0.2, 0) is 0 Å². The second-order valence-corrected chi connectivity index (χ2v) is 5.36. The monoisotopic (exact) mass is 283 g/mol. The van der Waals surface area contributed by atoms with Crippen molar-refractivity contribution >= 4 is 17.4 Å². The van der Waals surface area contributed by atoms with E-state index in [2.05, 4.69) is 28.5 Å². The number of allylic oxidation sites excluding steroid dienone is 3. The highest BCUT2D eigenvalue weighted by Crippen LogP contribution is 2.26. The van der Waals surface area contributed by atoms with Gasteiger partial charge in [0.25, 0.3) is 0 Å². The van der Waals surface area contributed by atoms with Crippen LogP contribution in [0, 0.1) is 5.92 Å². The number of hydrogen-bond acceptors (Lipinski definition) is 2. The van der Waals surface area contributed by atoms with Gasteiger partial charge in [-0.25, -0.2) is 10.2 Å². The second kappa shape index (κ2) is 6.88. The van der Waals surface area contributed by atoms with E-state index in [0.29, 0.717) is 5.92 Å². The average Bonchev–Trinajstić information content (AvgIpc) is 2.47. The van der Waals surface area contributed by atoms with Crippen molar-refractivity contribution < 1.29 is 4.79 Å². The number of urea groups is 1. The van der Waals surface area contributed by atoms with Crippen molar-refractivity contribution in [2.24, 2.45) is 11.0 Å². The molecule has 0 fully saturated rings. The van der Waals surface area contributed by atoms with Gasteiger partial charge in [-0.05, 0) is 50.3 Å². The topological polar surface area (TPSA) is 53.5 Å². The Hall–Kier alpha value is -2.36. The predicted molar refractivity (Wildman–Crippen MR) is 87.3 cm³/mol. The maximum absolute atomic E-state index is 11.8. The highest BCUT2D eigenvalue weighted by atomic mass is 16.2. The molecule has 21 heavy (non-hydrogen) atoms. The molecule has 1 unspecified atom stereocenters. The van der Waals surface area contributed by atoms with Gasteiger partial charge in [-0.3, -0.25) is 0 Å². The van der Waals surface area contributed by atoms with Crippen molar-refractivity contribution in [2.45, 2.75) is 26.7 Å². The number of carbonyl (C=O) groups is 1. The molecule has 1 atom stereocenters. The summed E-state index contributed by atoms with van der Waals surface area (Å²) in [6.07, 6.45) is 3.97. The van der Waals surface area contributed by atoms with Crippen molar-refractivity contribution in [3.05, 3.63) is 54.1 Å². The fourth-order valence-electron chi connectivity index (χ4n) is 2.22. The lowest BCUT2D eigenvalue weighted by Gasteiger charge is -2.22. The summed E-state index contributed by atoms with van der Waals surface area (Å²) in [5.41, 5.74) is 6.49. The standard InChI is InChI=1S/C17H21N3O/c1-12(2)14-10-9-13(3)16(11-14)19-20-17(21)18-15-7-5-4-6-8-15/h4-9,14H,1,10-11H2,2-3H3,(H2,18,20,21)/b19-16-. The van der Waals surface area contributed by atoms with Crippen LogP contribution in [0.25, 0.3) is 0 Å². The molecule has 0 aliphatic heterocycles. The van der Waals surface area contributed by atoms with Gasteiger partial charge in [-0.1, -0.05) is 36.4 Å². The summed E-state index contributed by atoms with van der Waals surface area (Å²) in [6.45, 7) is 8.06. The molecule has 2 amide bonds. The Morgan fingerprint density at radius 1 is 1.33 bits per heavy atom. The lowest BCUT2D eigenvalue weighted by molar-refractivity contribution is 0.252. The van der Waals surface area contributed by atoms with E-state index in [1.807, 2.05) is 44.2 Å². The smallest absolute Gasteiger partial charge is 0.307 e. The molecule has 2 rings (SSSR count). The van der Waals surface area contributed by atoms with Gasteiger partial charge in [0.1, 0.15) is 0 Å². The number of hydrogen-bond donors (Lipinski definition) is 2. The summed E-state index contributed by atoms with van der Waals surface area (Å²) in [6, 6.07) is 8.96. The van der Waals surface area contributed by atoms with Gasteiger partial charge in [0.05, 0.1) is 5.71 Å². The summed E-state index contributed by atoms with van der Waals surface area (Å²) >= 11 is 0. The van der Waals surface area contributed by atoms with E-state index in [-0.39, 0.29) is 6.03 Å². The highest BCUT2D eigenvalue weighted by Gasteiger charge is 2.18. The van der Waals surface area contributed by atoms with E-state index in [9.17, 15) is 4.79 Å². The quantitative estimate of drug-likeness (QED) is 0.637. The highest BCUT2D eigenvalue weighted by molar-refractivity contribution is 6.01. The molecule has 0 aromatic heterocycles. The maximum atomic E-state index is 11.8. The van der Waals surface area contributed by atoms with Crippen molar-refractivity contribution in [1.82, 2.24) is 5.43 Å². The zero-order valence-corrected chi connectivity index (χ0v) is 12.5. The first-order chi connectivity index (χ1) is 10.1. The van der Waals surface area contributed by atoms with Gasteiger partial charge >= 0.3 is 6.03 Å². The third-order valence-corrected chi connectivity index (χ3v) is 3.62. The molecular weight excluding hydrogens is 262 g/mol. The predicted octanol–water partition coefficient (Wildman–Crippen LogP) is 4.10. The number of hydrazone groups is 1. The van der Waals surface area contributed by atoms with Crippen LogP contribution in [0.4, 0.5) is 10.5 Å². The largest absolute Gasteiger partial charge is 0.339 e. The third kappa shape index (κ3) is 4.31. The molecule has 1 aliphatic carbocycles. The third-order valence-electron chi connectivity index (χ3n) is 3.62. The molecule has 1 aliphatic rings. The van der Waals surface area contributed by atoms with Gasteiger partial charge in [0.2, 0.25) is 0 Å². The summed E-state index contributed by atoms with van der Waals surface area (Å²) in [5.74, 6) is 0.409. The molecule has 110 valence electrons. The van der Waals surface area contributed by atoms with Gasteiger partial charge in [-0.15, -0.1) is 0 Å². The molecule has 0 radical (unpaired) electrons. The second-order valence-electron chi connectivity index (χ2n) is 5.36. The number of para-hydroxylation sites is 1. The zero-order valence-electron chi connectivity index (χ0n) is 12.5. The van der Waals surface area contributed by atoms with Crippen LogP contribution in [0.5, 0.6) is 0 Å². The average molecular weight is 283 g/mol. The van der Waals surface area contributed by atoms with Gasteiger partial charge in [0.15, 0.2) is 0 Å². The molecule has 1 aromatic rings. The first-order valence-electron chi connectivity index (χ1n) is 7.07. The first-order valence-corrected chi connectivity index (χ1v) is 7.07. The van der Waals surface area contributed by atoms with Crippen LogP contribution in [0.3, 0.4) is 0 Å². The number of amides is 2. The SMILES string of the molecule is C=C(C)C1CC=C(C)/C(=N\NC(=O)Nc2ccccc2)C1.